The highest BCUT2D eigenvalue weighted by atomic mass is 16.4. The minimum atomic E-state index is -0.968. The summed E-state index contributed by atoms with van der Waals surface area (Å²) in [4.78, 5) is 12.6. The molecule has 0 aromatic rings. The molecule has 0 bridgehead atoms. The van der Waals surface area contributed by atoms with Crippen LogP contribution in [0.25, 0.3) is 0 Å². The molecule has 0 heterocycles. The summed E-state index contributed by atoms with van der Waals surface area (Å²) in [5.74, 6) is -0.820. The predicted octanol–water partition coefficient (Wildman–Crippen LogP) is 6.86. The molecular weight excluding hydrogens is 416 g/mol. The predicted molar refractivity (Wildman–Crippen MR) is 137 cm³/mol. The van der Waals surface area contributed by atoms with Gasteiger partial charge in [-0.1, -0.05) is 97.3 Å². The molecule has 0 fully saturated rings. The van der Waals surface area contributed by atoms with Crippen molar-refractivity contribution in [2.75, 3.05) is 19.8 Å². The van der Waals surface area contributed by atoms with E-state index in [2.05, 4.69) is 13.8 Å². The average Bonchev–Trinajstić information content (AvgIpc) is 2.80. The van der Waals surface area contributed by atoms with Gasteiger partial charge in [-0.25, -0.2) is 0 Å². The Morgan fingerprint density at radius 3 is 1.24 bits per heavy atom. The smallest absolute Gasteiger partial charge is 0.310 e. The molecule has 33 heavy (non-hydrogen) atoms. The van der Waals surface area contributed by atoms with Gasteiger partial charge in [-0.3, -0.25) is 4.79 Å². The molecule has 4 N–H and O–H groups in total. The van der Waals surface area contributed by atoms with E-state index in [1.54, 1.807) is 0 Å². The fraction of sp³-hybridized carbons (Fsp3) is 0.964. The van der Waals surface area contributed by atoms with Gasteiger partial charge in [0.05, 0.1) is 5.41 Å². The third-order valence-electron chi connectivity index (χ3n) is 7.81. The van der Waals surface area contributed by atoms with E-state index in [4.69, 9.17) is 0 Å². The van der Waals surface area contributed by atoms with Crippen molar-refractivity contribution < 1.29 is 25.2 Å². The molecule has 198 valence electrons. The molecule has 0 rings (SSSR count). The monoisotopic (exact) mass is 472 g/mol. The van der Waals surface area contributed by atoms with Gasteiger partial charge in [0.15, 0.2) is 0 Å². The van der Waals surface area contributed by atoms with Crippen LogP contribution in [0.1, 0.15) is 142 Å². The van der Waals surface area contributed by atoms with E-state index in [1.165, 1.54) is 70.6 Å². The third kappa shape index (κ3) is 13.1. The zero-order valence-electron chi connectivity index (χ0n) is 22.0. The van der Waals surface area contributed by atoms with Crippen LogP contribution in [0.5, 0.6) is 0 Å². The summed E-state index contributed by atoms with van der Waals surface area (Å²) >= 11 is 0. The number of unbranched alkanes of at least 4 members (excludes halogenated alkanes) is 12. The van der Waals surface area contributed by atoms with Gasteiger partial charge in [0, 0.05) is 19.8 Å². The summed E-state index contributed by atoms with van der Waals surface area (Å²) in [6.45, 7) is 4.33. The van der Waals surface area contributed by atoms with Crippen molar-refractivity contribution in [3.05, 3.63) is 0 Å². The lowest BCUT2D eigenvalue weighted by Gasteiger charge is -2.47. The highest BCUT2D eigenvalue weighted by Gasteiger charge is 2.51. The van der Waals surface area contributed by atoms with Crippen molar-refractivity contribution in [2.24, 2.45) is 10.8 Å². The second-order valence-electron chi connectivity index (χ2n) is 10.4. The zero-order chi connectivity index (χ0) is 24.8. The zero-order valence-corrected chi connectivity index (χ0v) is 22.0. The van der Waals surface area contributed by atoms with Crippen molar-refractivity contribution in [2.45, 2.75) is 142 Å². The van der Waals surface area contributed by atoms with Gasteiger partial charge in [-0.15, -0.1) is 0 Å². The van der Waals surface area contributed by atoms with Crippen LogP contribution in [0.3, 0.4) is 0 Å². The molecule has 0 aliphatic rings. The van der Waals surface area contributed by atoms with Crippen LogP contribution < -0.4 is 0 Å². The molecule has 0 aromatic heterocycles. The molecule has 0 saturated carbocycles. The number of hydrogen-bond acceptors (Lipinski definition) is 4. The van der Waals surface area contributed by atoms with Crippen molar-refractivity contribution in [1.29, 1.82) is 0 Å². The topological polar surface area (TPSA) is 98.0 Å². The molecule has 0 aliphatic heterocycles. The Morgan fingerprint density at radius 1 is 0.545 bits per heavy atom. The number of carboxylic acids is 1. The number of carboxylic acid groups (broad SMARTS) is 1. The van der Waals surface area contributed by atoms with Crippen molar-refractivity contribution in [3.63, 3.8) is 0 Å². The van der Waals surface area contributed by atoms with Gasteiger partial charge in [0.2, 0.25) is 0 Å². The lowest BCUT2D eigenvalue weighted by molar-refractivity contribution is -0.162. The van der Waals surface area contributed by atoms with E-state index in [0.29, 0.717) is 38.5 Å². The van der Waals surface area contributed by atoms with Crippen molar-refractivity contribution in [3.8, 4) is 0 Å². The van der Waals surface area contributed by atoms with Gasteiger partial charge in [0.25, 0.3) is 0 Å². The van der Waals surface area contributed by atoms with Crippen LogP contribution in [-0.4, -0.2) is 46.2 Å². The molecule has 0 saturated heterocycles. The van der Waals surface area contributed by atoms with Crippen LogP contribution in [0.2, 0.25) is 0 Å². The summed E-state index contributed by atoms with van der Waals surface area (Å²) < 4.78 is 0. The van der Waals surface area contributed by atoms with E-state index in [9.17, 15) is 25.2 Å². The quantitative estimate of drug-likeness (QED) is 0.109. The molecule has 0 spiro atoms. The second kappa shape index (κ2) is 20.7. The Morgan fingerprint density at radius 2 is 0.879 bits per heavy atom. The fourth-order valence-electron chi connectivity index (χ4n) is 5.57. The van der Waals surface area contributed by atoms with Crippen LogP contribution in [0.15, 0.2) is 0 Å². The minimum absolute atomic E-state index is 0.0248. The number of aliphatic hydroxyl groups is 3. The van der Waals surface area contributed by atoms with Crippen molar-refractivity contribution in [1.82, 2.24) is 0 Å². The van der Waals surface area contributed by atoms with E-state index in [-0.39, 0.29) is 19.8 Å². The summed E-state index contributed by atoms with van der Waals surface area (Å²) in [5.41, 5.74) is -1.42. The lowest BCUT2D eigenvalue weighted by Crippen LogP contribution is -2.47. The summed E-state index contributed by atoms with van der Waals surface area (Å²) in [7, 11) is 0. The van der Waals surface area contributed by atoms with Gasteiger partial charge < -0.3 is 20.4 Å². The van der Waals surface area contributed by atoms with E-state index >= 15 is 0 Å². The van der Waals surface area contributed by atoms with Gasteiger partial charge in [-0.05, 0) is 50.4 Å². The minimum Gasteiger partial charge on any atom is -0.481 e. The molecule has 1 atom stereocenters. The highest BCUT2D eigenvalue weighted by Crippen LogP contribution is 2.53. The standard InChI is InChI=1S/C28H56O5/c1-3-4-5-6-7-8-9-10-11-12-13-14-15-19-27(2,20-16-23-29)28(26(32)33,21-17-24-30)22-18-25-31/h29-31H,3-25H2,1-2H3,(H,32,33). The maximum Gasteiger partial charge on any atom is 0.310 e. The second-order valence-corrected chi connectivity index (χ2v) is 10.4. The molecule has 0 aromatic carbocycles. The molecule has 0 radical (unpaired) electrons. The molecule has 5 nitrogen and oxygen atoms in total. The average molecular weight is 473 g/mol. The van der Waals surface area contributed by atoms with Crippen molar-refractivity contribution >= 4 is 5.97 Å². The Hall–Kier alpha value is -0.650. The molecule has 5 heteroatoms. The largest absolute Gasteiger partial charge is 0.481 e. The van der Waals surface area contributed by atoms with E-state index < -0.39 is 16.8 Å². The Kier molecular flexibility index (Phi) is 20.3. The molecule has 0 amide bonds. The molecule has 1 unspecified atom stereocenters. The number of aliphatic carboxylic acids is 1. The summed E-state index contributed by atoms with van der Waals surface area (Å²) in [5, 5.41) is 38.5. The van der Waals surface area contributed by atoms with Gasteiger partial charge in [-0.2, -0.15) is 0 Å². The van der Waals surface area contributed by atoms with Gasteiger partial charge >= 0.3 is 5.97 Å². The van der Waals surface area contributed by atoms with Crippen LogP contribution in [0.4, 0.5) is 0 Å². The maximum atomic E-state index is 12.6. The first-order chi connectivity index (χ1) is 15.9. The number of aliphatic hydroxyl groups excluding tert-OH is 3. The lowest BCUT2D eigenvalue weighted by atomic mass is 9.56. The first-order valence-electron chi connectivity index (χ1n) is 14.0. The Balaban J connectivity index is 4.58. The van der Waals surface area contributed by atoms with E-state index in [1.807, 2.05) is 0 Å². The van der Waals surface area contributed by atoms with E-state index in [0.717, 1.165) is 19.3 Å². The summed E-state index contributed by atoms with van der Waals surface area (Å²) in [6.07, 6.45) is 20.5. The van der Waals surface area contributed by atoms with Crippen LogP contribution >= 0.6 is 0 Å². The fourth-order valence-corrected chi connectivity index (χ4v) is 5.57. The SMILES string of the molecule is CCCCCCCCCCCCCCCC(C)(CCCO)C(CCCO)(CCCO)C(=O)O. The first-order valence-corrected chi connectivity index (χ1v) is 14.0. The number of hydrogen-bond donors (Lipinski definition) is 4. The van der Waals surface area contributed by atoms with Crippen LogP contribution in [0, 0.1) is 10.8 Å². The first kappa shape index (κ1) is 32.4. The maximum absolute atomic E-state index is 12.6. The Bertz CT molecular complexity index is 446. The van der Waals surface area contributed by atoms with Gasteiger partial charge in [0.1, 0.15) is 0 Å². The Labute approximate surface area is 204 Å². The number of rotatable bonds is 25. The normalized spacial score (nSPS) is 13.8. The number of carbonyl (C=O) groups is 1. The molecule has 0 aliphatic carbocycles. The highest BCUT2D eigenvalue weighted by molar-refractivity contribution is 5.75. The molecular formula is C28H56O5. The van der Waals surface area contributed by atoms with Crippen LogP contribution in [-0.2, 0) is 4.79 Å². The summed E-state index contributed by atoms with van der Waals surface area (Å²) in [6, 6.07) is 0. The third-order valence-corrected chi connectivity index (χ3v) is 7.81.